The van der Waals surface area contributed by atoms with Gasteiger partial charge in [-0.25, -0.2) is 0 Å². The number of fused-ring (bicyclic) bond motifs is 6. The van der Waals surface area contributed by atoms with Crippen molar-refractivity contribution in [3.8, 4) is 10.4 Å². The van der Waals surface area contributed by atoms with Crippen LogP contribution in [0.1, 0.15) is 50.6 Å². The smallest absolute Gasteiger partial charge is 0.197 e. The highest BCUT2D eigenvalue weighted by molar-refractivity contribution is 7.30. The molecule has 0 amide bonds. The average molecular weight is 581 g/mol. The molecule has 3 aromatic carbocycles. The Morgan fingerprint density at radius 2 is 1.38 bits per heavy atom. The molecule has 0 saturated heterocycles. The molecule has 0 saturated carbocycles. The van der Waals surface area contributed by atoms with Gasteiger partial charge in [0, 0.05) is 60.5 Å². The normalized spacial score (nSPS) is 14.7. The quantitative estimate of drug-likeness (QED) is 0.154. The number of aromatic nitrogens is 1. The van der Waals surface area contributed by atoms with Crippen molar-refractivity contribution in [2.45, 2.75) is 19.3 Å². The van der Waals surface area contributed by atoms with Crippen molar-refractivity contribution in [2.75, 3.05) is 4.90 Å². The highest BCUT2D eigenvalue weighted by Crippen LogP contribution is 2.58. The van der Waals surface area contributed by atoms with Gasteiger partial charge in [0.25, 0.3) is 0 Å². The minimum atomic E-state index is -0.218. The number of para-hydroxylation sites is 1. The summed E-state index contributed by atoms with van der Waals surface area (Å²) in [6.45, 7) is 4.59. The van der Waals surface area contributed by atoms with Crippen molar-refractivity contribution in [3.63, 3.8) is 0 Å². The molecule has 42 heavy (non-hydrogen) atoms. The van der Waals surface area contributed by atoms with Crippen molar-refractivity contribution < 1.29 is 9.59 Å². The third kappa shape index (κ3) is 3.62. The molecule has 0 atom stereocenters. The Balaban J connectivity index is 1.21. The molecular weight excluding hydrogens is 557 g/mol. The number of thiophene rings is 2. The van der Waals surface area contributed by atoms with Gasteiger partial charge in [0.05, 0.1) is 10.3 Å². The van der Waals surface area contributed by atoms with Crippen LogP contribution in [0.15, 0.2) is 109 Å². The number of nitrogens with zero attached hydrogens (tertiary/aromatic N) is 2. The van der Waals surface area contributed by atoms with Crippen molar-refractivity contribution in [2.24, 2.45) is 0 Å². The van der Waals surface area contributed by atoms with Crippen LogP contribution in [0.4, 0.5) is 17.1 Å². The number of carbonyl (C=O) groups is 2. The van der Waals surface area contributed by atoms with Gasteiger partial charge in [0.2, 0.25) is 0 Å². The van der Waals surface area contributed by atoms with Gasteiger partial charge in [-0.05, 0) is 65.2 Å². The van der Waals surface area contributed by atoms with E-state index in [1.54, 1.807) is 53.0 Å². The fraction of sp³-hybridized carbons (Fsp3) is 0.0833. The maximum absolute atomic E-state index is 13.0. The van der Waals surface area contributed by atoms with Crippen LogP contribution < -0.4 is 4.90 Å². The number of hydrogen-bond acceptors (Lipinski definition) is 6. The summed E-state index contributed by atoms with van der Waals surface area (Å²) >= 11 is 3.46. The van der Waals surface area contributed by atoms with Gasteiger partial charge < -0.3 is 4.90 Å². The lowest BCUT2D eigenvalue weighted by molar-refractivity contribution is 0.0990. The summed E-state index contributed by atoms with van der Waals surface area (Å²) in [5.74, 6) is -0.370. The first kappa shape index (κ1) is 25.1. The van der Waals surface area contributed by atoms with Crippen LogP contribution in [0.2, 0.25) is 0 Å². The van der Waals surface area contributed by atoms with Crippen LogP contribution in [0, 0.1) is 0 Å². The molecule has 0 aliphatic heterocycles. The Kier molecular flexibility index (Phi) is 5.48. The number of hydrogen-bond donors (Lipinski definition) is 0. The number of rotatable bonds is 4. The van der Waals surface area contributed by atoms with E-state index in [4.69, 9.17) is 0 Å². The summed E-state index contributed by atoms with van der Waals surface area (Å²) in [5.41, 5.74) is 8.16. The third-order valence-electron chi connectivity index (χ3n) is 8.32. The van der Waals surface area contributed by atoms with Crippen molar-refractivity contribution >= 4 is 66.8 Å². The molecule has 3 heterocycles. The van der Waals surface area contributed by atoms with Gasteiger partial charge in [0.1, 0.15) is 0 Å². The fourth-order valence-corrected chi connectivity index (χ4v) is 9.26. The molecule has 3 aromatic heterocycles. The molecule has 6 aromatic rings. The van der Waals surface area contributed by atoms with Gasteiger partial charge in [0.15, 0.2) is 11.6 Å². The number of carbonyl (C=O) groups excluding carboxylic acids is 2. The molecule has 202 valence electrons. The highest BCUT2D eigenvalue weighted by atomic mass is 32.1. The SMILES string of the molecule is CC1(C)c2cc(N(c3ccccc3)c3ccncc3)ccc2-c2sc3cc(C=C4C(=O)c5ccccc5C4=O)sc3c21. The van der Waals surface area contributed by atoms with E-state index in [0.717, 1.165) is 21.9 Å². The van der Waals surface area contributed by atoms with Crippen molar-refractivity contribution in [1.29, 1.82) is 0 Å². The van der Waals surface area contributed by atoms with Crippen LogP contribution in [-0.4, -0.2) is 16.6 Å². The second kappa shape index (κ2) is 9.18. The number of allylic oxidation sites excluding steroid dienone is 1. The Bertz CT molecular complexity index is 2030. The van der Waals surface area contributed by atoms with Crippen LogP contribution in [0.5, 0.6) is 0 Å². The van der Waals surface area contributed by atoms with E-state index in [1.165, 1.54) is 31.0 Å². The lowest BCUT2D eigenvalue weighted by Crippen LogP contribution is -2.16. The van der Waals surface area contributed by atoms with Crippen molar-refractivity contribution in [3.05, 3.63) is 136 Å². The van der Waals surface area contributed by atoms with Crippen LogP contribution in [-0.2, 0) is 5.41 Å². The molecule has 2 aliphatic carbocycles. The predicted octanol–water partition coefficient (Wildman–Crippen LogP) is 9.60. The zero-order valence-corrected chi connectivity index (χ0v) is 24.6. The average Bonchev–Trinajstić information content (AvgIpc) is 3.69. The maximum Gasteiger partial charge on any atom is 0.197 e. The van der Waals surface area contributed by atoms with Crippen LogP contribution in [0.3, 0.4) is 0 Å². The van der Waals surface area contributed by atoms with E-state index in [0.29, 0.717) is 11.1 Å². The first-order valence-corrected chi connectivity index (χ1v) is 15.4. The number of ketones is 2. The summed E-state index contributed by atoms with van der Waals surface area (Å²) in [7, 11) is 0. The van der Waals surface area contributed by atoms with E-state index >= 15 is 0 Å². The Hall–Kier alpha value is -4.65. The van der Waals surface area contributed by atoms with Gasteiger partial charge in [-0.2, -0.15) is 0 Å². The predicted molar refractivity (Wildman–Crippen MR) is 173 cm³/mol. The van der Waals surface area contributed by atoms with Gasteiger partial charge in [-0.3, -0.25) is 14.6 Å². The molecule has 0 fully saturated rings. The minimum Gasteiger partial charge on any atom is -0.310 e. The van der Waals surface area contributed by atoms with Crippen LogP contribution >= 0.6 is 22.7 Å². The largest absolute Gasteiger partial charge is 0.310 e. The molecule has 2 aliphatic rings. The first-order valence-electron chi connectivity index (χ1n) is 13.8. The molecule has 0 radical (unpaired) electrons. The van der Waals surface area contributed by atoms with Gasteiger partial charge in [-0.1, -0.05) is 62.4 Å². The summed E-state index contributed by atoms with van der Waals surface area (Å²) in [5, 5.41) is 0. The third-order valence-corrected chi connectivity index (χ3v) is 10.7. The maximum atomic E-state index is 13.0. The summed E-state index contributed by atoms with van der Waals surface area (Å²) in [6.07, 6.45) is 5.44. The molecule has 4 nitrogen and oxygen atoms in total. The second-order valence-corrected chi connectivity index (χ2v) is 13.3. The van der Waals surface area contributed by atoms with Crippen molar-refractivity contribution in [1.82, 2.24) is 4.98 Å². The summed E-state index contributed by atoms with van der Waals surface area (Å²) in [6, 6.07) is 30.5. The second-order valence-electron chi connectivity index (χ2n) is 11.1. The summed E-state index contributed by atoms with van der Waals surface area (Å²) in [4.78, 5) is 34.8. The molecular formula is C36H24N2O2S2. The lowest BCUT2D eigenvalue weighted by atomic mass is 9.82. The first-order chi connectivity index (χ1) is 20.4. The molecule has 0 spiro atoms. The van der Waals surface area contributed by atoms with Crippen LogP contribution in [0.25, 0.3) is 25.9 Å². The zero-order valence-electron chi connectivity index (χ0n) is 22.9. The lowest BCUT2D eigenvalue weighted by Gasteiger charge is -2.28. The Morgan fingerprint density at radius 1 is 0.714 bits per heavy atom. The zero-order chi connectivity index (χ0) is 28.6. The van der Waals surface area contributed by atoms with E-state index in [9.17, 15) is 9.59 Å². The molecule has 0 unspecified atom stereocenters. The Morgan fingerprint density at radius 3 is 2.10 bits per heavy atom. The molecule has 6 heteroatoms. The number of anilines is 3. The monoisotopic (exact) mass is 580 g/mol. The van der Waals surface area contributed by atoms with E-state index < -0.39 is 0 Å². The highest BCUT2D eigenvalue weighted by Gasteiger charge is 2.40. The summed E-state index contributed by atoms with van der Waals surface area (Å²) < 4.78 is 2.42. The van der Waals surface area contributed by atoms with Gasteiger partial charge >= 0.3 is 0 Å². The van der Waals surface area contributed by atoms with E-state index in [-0.39, 0.29) is 22.6 Å². The Labute approximate surface area is 251 Å². The topological polar surface area (TPSA) is 50.3 Å². The number of benzene rings is 3. The number of Topliss-reactive ketones (excluding diaryl/α,β-unsaturated/α-hetero) is 2. The molecule has 0 bridgehead atoms. The number of pyridine rings is 1. The molecule has 0 N–H and O–H groups in total. The minimum absolute atomic E-state index is 0.185. The van der Waals surface area contributed by atoms with E-state index in [2.05, 4.69) is 72.3 Å². The molecule has 8 rings (SSSR count). The fourth-order valence-electron chi connectivity index (χ4n) is 6.32. The van der Waals surface area contributed by atoms with E-state index in [1.807, 2.05) is 30.6 Å². The van der Waals surface area contributed by atoms with Gasteiger partial charge in [-0.15, -0.1) is 22.7 Å². The standard InChI is InChI=1S/C36H24N2O2S2/c1-36(2)29-18-23(38(21-8-4-3-5-9-21)22-14-16-37-17-15-22)12-13-27(29)34-31(36)35-30(42-34)20-24(41-35)19-28-32(39)25-10-6-7-11-26(25)33(28)40/h3-20H,1-2H3.